The number of rotatable bonds is 2. The highest BCUT2D eigenvalue weighted by atomic mass is 79.9. The molecule has 5 nitrogen and oxygen atoms in total. The fourth-order valence-electron chi connectivity index (χ4n) is 2.11. The molecule has 0 amide bonds. The smallest absolute Gasteiger partial charge is 0.338 e. The molecule has 0 fully saturated rings. The summed E-state index contributed by atoms with van der Waals surface area (Å²) in [6.45, 7) is 1.36. The van der Waals surface area contributed by atoms with Crippen molar-refractivity contribution in [3.05, 3.63) is 27.5 Å². The molecule has 1 heterocycles. The molecule has 0 N–H and O–H groups in total. The summed E-state index contributed by atoms with van der Waals surface area (Å²) in [5, 5.41) is 0. The Morgan fingerprint density at radius 1 is 1.50 bits per heavy atom. The number of carbonyl (C=O) groups excluding carboxylic acids is 2. The summed E-state index contributed by atoms with van der Waals surface area (Å²) in [5.41, 5.74) is 1.92. The molecule has 1 unspecified atom stereocenters. The summed E-state index contributed by atoms with van der Waals surface area (Å²) < 4.78 is 10.5. The molecule has 1 aromatic heterocycles. The van der Waals surface area contributed by atoms with E-state index in [0.29, 0.717) is 28.7 Å². The van der Waals surface area contributed by atoms with Gasteiger partial charge in [0.25, 0.3) is 0 Å². The molecule has 0 spiro atoms. The van der Waals surface area contributed by atoms with Gasteiger partial charge in [-0.1, -0.05) is 0 Å². The fourth-order valence-corrected chi connectivity index (χ4v) is 2.53. The van der Waals surface area contributed by atoms with Crippen LogP contribution in [0.15, 0.2) is 10.7 Å². The van der Waals surface area contributed by atoms with Gasteiger partial charge >= 0.3 is 11.9 Å². The maximum absolute atomic E-state index is 11.7. The number of nitrogens with zero attached hydrogens (tertiary/aromatic N) is 1. The van der Waals surface area contributed by atoms with E-state index >= 15 is 0 Å². The lowest BCUT2D eigenvalue weighted by Gasteiger charge is -2.12. The molecular formula is C12H12BrNO4. The third-order valence-electron chi connectivity index (χ3n) is 2.80. The van der Waals surface area contributed by atoms with Crippen molar-refractivity contribution in [3.8, 4) is 0 Å². The standard InChI is InChI=1S/C12H12BrNO4/c1-6(15)18-9-4-3-7-8(12(16)17-2)5-10(13)14-11(7)9/h5,9H,3-4H2,1-2H3. The molecule has 1 aliphatic carbocycles. The monoisotopic (exact) mass is 313 g/mol. The van der Waals surface area contributed by atoms with Crippen LogP contribution in [-0.4, -0.2) is 24.0 Å². The van der Waals surface area contributed by atoms with E-state index in [2.05, 4.69) is 20.9 Å². The molecular weight excluding hydrogens is 302 g/mol. The molecule has 0 saturated heterocycles. The normalized spacial score (nSPS) is 17.2. The number of hydrogen-bond donors (Lipinski definition) is 0. The summed E-state index contributed by atoms with van der Waals surface area (Å²) in [4.78, 5) is 27.0. The lowest BCUT2D eigenvalue weighted by Crippen LogP contribution is -2.10. The molecule has 1 aliphatic rings. The Labute approximate surface area is 113 Å². The second-order valence-corrected chi connectivity index (χ2v) is 4.80. The maximum Gasteiger partial charge on any atom is 0.338 e. The number of aromatic nitrogens is 1. The predicted molar refractivity (Wildman–Crippen MR) is 66.1 cm³/mol. The lowest BCUT2D eigenvalue weighted by molar-refractivity contribution is -0.146. The van der Waals surface area contributed by atoms with Gasteiger partial charge in [0.05, 0.1) is 18.4 Å². The summed E-state index contributed by atoms with van der Waals surface area (Å²) in [6.07, 6.45) is 0.916. The predicted octanol–water partition coefficient (Wildman–Crippen LogP) is 2.18. The Morgan fingerprint density at radius 3 is 2.83 bits per heavy atom. The molecule has 1 atom stereocenters. The van der Waals surface area contributed by atoms with E-state index in [-0.39, 0.29) is 12.1 Å². The Balaban J connectivity index is 2.44. The van der Waals surface area contributed by atoms with Gasteiger partial charge in [0.1, 0.15) is 10.7 Å². The van der Waals surface area contributed by atoms with Crippen molar-refractivity contribution >= 4 is 27.9 Å². The quantitative estimate of drug-likeness (QED) is 0.618. The zero-order chi connectivity index (χ0) is 13.3. The van der Waals surface area contributed by atoms with E-state index in [1.165, 1.54) is 14.0 Å². The van der Waals surface area contributed by atoms with Crippen LogP contribution in [-0.2, 0) is 20.7 Å². The van der Waals surface area contributed by atoms with E-state index in [9.17, 15) is 9.59 Å². The molecule has 0 aliphatic heterocycles. The number of halogens is 1. The highest BCUT2D eigenvalue weighted by Gasteiger charge is 2.31. The third-order valence-corrected chi connectivity index (χ3v) is 3.21. The van der Waals surface area contributed by atoms with Crippen molar-refractivity contribution < 1.29 is 19.1 Å². The highest BCUT2D eigenvalue weighted by Crippen LogP contribution is 2.36. The molecule has 0 aromatic carbocycles. The van der Waals surface area contributed by atoms with E-state index in [4.69, 9.17) is 9.47 Å². The largest absolute Gasteiger partial charge is 0.465 e. The zero-order valence-electron chi connectivity index (χ0n) is 10.0. The second kappa shape index (κ2) is 5.06. The van der Waals surface area contributed by atoms with Crippen LogP contribution >= 0.6 is 15.9 Å². The Morgan fingerprint density at radius 2 is 2.22 bits per heavy atom. The van der Waals surface area contributed by atoms with Gasteiger partial charge < -0.3 is 9.47 Å². The van der Waals surface area contributed by atoms with Crippen LogP contribution in [0.2, 0.25) is 0 Å². The molecule has 96 valence electrons. The van der Waals surface area contributed by atoms with Crippen LogP contribution in [0.3, 0.4) is 0 Å². The van der Waals surface area contributed by atoms with Crippen LogP contribution in [0.5, 0.6) is 0 Å². The van der Waals surface area contributed by atoms with Gasteiger partial charge in [0, 0.05) is 6.92 Å². The highest BCUT2D eigenvalue weighted by molar-refractivity contribution is 9.10. The van der Waals surface area contributed by atoms with Crippen molar-refractivity contribution in [2.45, 2.75) is 25.9 Å². The van der Waals surface area contributed by atoms with Crippen LogP contribution in [0.1, 0.15) is 41.1 Å². The van der Waals surface area contributed by atoms with Gasteiger partial charge in [0.15, 0.2) is 0 Å². The Hall–Kier alpha value is -1.43. The molecule has 1 aromatic rings. The number of fused-ring (bicyclic) bond motifs is 1. The number of methoxy groups -OCH3 is 1. The number of esters is 2. The molecule has 0 bridgehead atoms. The van der Waals surface area contributed by atoms with Gasteiger partial charge in [-0.2, -0.15) is 0 Å². The number of ether oxygens (including phenoxy) is 2. The topological polar surface area (TPSA) is 65.5 Å². The summed E-state index contributed by atoms with van der Waals surface area (Å²) in [7, 11) is 1.33. The van der Waals surface area contributed by atoms with E-state index < -0.39 is 5.97 Å². The molecule has 6 heteroatoms. The van der Waals surface area contributed by atoms with E-state index in [1.54, 1.807) is 6.07 Å². The Kier molecular flexibility index (Phi) is 3.65. The van der Waals surface area contributed by atoms with Gasteiger partial charge in [-0.3, -0.25) is 4.79 Å². The SMILES string of the molecule is COC(=O)c1cc(Br)nc2c1CCC2OC(C)=O. The first-order valence-electron chi connectivity index (χ1n) is 5.47. The fraction of sp³-hybridized carbons (Fsp3) is 0.417. The maximum atomic E-state index is 11.7. The average molecular weight is 314 g/mol. The third kappa shape index (κ3) is 2.38. The van der Waals surface area contributed by atoms with Crippen molar-refractivity contribution in [3.63, 3.8) is 0 Å². The number of carbonyl (C=O) groups is 2. The zero-order valence-corrected chi connectivity index (χ0v) is 11.6. The summed E-state index contributed by atoms with van der Waals surface area (Å²) in [5.74, 6) is -0.757. The minimum absolute atomic E-state index is 0.353. The molecule has 2 rings (SSSR count). The van der Waals surface area contributed by atoms with Crippen LogP contribution in [0.25, 0.3) is 0 Å². The van der Waals surface area contributed by atoms with Crippen LogP contribution < -0.4 is 0 Å². The minimum Gasteiger partial charge on any atom is -0.465 e. The van der Waals surface area contributed by atoms with E-state index in [0.717, 1.165) is 5.56 Å². The van der Waals surface area contributed by atoms with Crippen molar-refractivity contribution in [1.82, 2.24) is 4.98 Å². The van der Waals surface area contributed by atoms with Crippen molar-refractivity contribution in [2.75, 3.05) is 7.11 Å². The first kappa shape index (κ1) is 13.0. The van der Waals surface area contributed by atoms with Crippen molar-refractivity contribution in [2.24, 2.45) is 0 Å². The van der Waals surface area contributed by atoms with Gasteiger partial charge in [-0.05, 0) is 40.4 Å². The first-order chi connectivity index (χ1) is 8.52. The summed E-state index contributed by atoms with van der Waals surface area (Å²) >= 11 is 3.25. The minimum atomic E-state index is -0.405. The van der Waals surface area contributed by atoms with Gasteiger partial charge in [-0.15, -0.1) is 0 Å². The Bertz CT molecular complexity index is 515. The number of pyridine rings is 1. The van der Waals surface area contributed by atoms with E-state index in [1.807, 2.05) is 0 Å². The molecule has 0 radical (unpaired) electrons. The van der Waals surface area contributed by atoms with Gasteiger partial charge in [-0.25, -0.2) is 9.78 Å². The molecule has 0 saturated carbocycles. The molecule has 18 heavy (non-hydrogen) atoms. The second-order valence-electron chi connectivity index (χ2n) is 3.98. The summed E-state index contributed by atoms with van der Waals surface area (Å²) in [6, 6.07) is 1.63. The van der Waals surface area contributed by atoms with Crippen LogP contribution in [0, 0.1) is 0 Å². The van der Waals surface area contributed by atoms with Crippen molar-refractivity contribution in [1.29, 1.82) is 0 Å². The van der Waals surface area contributed by atoms with Gasteiger partial charge in [0.2, 0.25) is 0 Å². The first-order valence-corrected chi connectivity index (χ1v) is 6.27. The lowest BCUT2D eigenvalue weighted by atomic mass is 10.1. The number of hydrogen-bond acceptors (Lipinski definition) is 5. The average Bonchev–Trinajstić information content (AvgIpc) is 2.69. The van der Waals surface area contributed by atoms with Crippen LogP contribution in [0.4, 0.5) is 0 Å².